The van der Waals surface area contributed by atoms with Gasteiger partial charge in [-0.25, -0.2) is 4.79 Å². The fourth-order valence-electron chi connectivity index (χ4n) is 1.09. The molecule has 0 saturated carbocycles. The third-order valence-corrected chi connectivity index (χ3v) is 1.94. The predicted molar refractivity (Wildman–Crippen MR) is 46.1 cm³/mol. The maximum absolute atomic E-state index is 10.1. The minimum absolute atomic E-state index is 0.156. The second kappa shape index (κ2) is 3.69. The Morgan fingerprint density at radius 2 is 2.42 bits per heavy atom. The molecule has 1 rings (SSSR count). The first-order chi connectivity index (χ1) is 5.62. The zero-order valence-electron chi connectivity index (χ0n) is 7.13. The van der Waals surface area contributed by atoms with Gasteiger partial charge in [-0.05, 0) is 6.92 Å². The maximum atomic E-state index is 10.1. The van der Waals surface area contributed by atoms with Crippen LogP contribution in [0.25, 0.3) is 0 Å². The topological polar surface area (TPSA) is 61.4 Å². The molecule has 0 atom stereocenters. The third kappa shape index (κ3) is 2.64. The van der Waals surface area contributed by atoms with Gasteiger partial charge in [0, 0.05) is 31.2 Å². The minimum Gasteiger partial charge on any atom is -0.478 e. The Hall–Kier alpha value is -0.870. The first-order valence-electron chi connectivity index (χ1n) is 3.98. The molecule has 0 aromatic carbocycles. The van der Waals surface area contributed by atoms with Gasteiger partial charge >= 0.3 is 5.97 Å². The molecule has 1 saturated heterocycles. The molecular formula is C8H14N2O2. The molecular weight excluding hydrogens is 156 g/mol. The standard InChI is InChI=1S/C8H14N2O2/c1-8(5-9-6-8)10-4-2-3-7(11)12/h2-3,9-10H,4-6H2,1H3,(H,11,12)/b3-2+. The number of nitrogens with one attached hydrogen (secondary N) is 2. The Labute approximate surface area is 71.7 Å². The molecule has 4 nitrogen and oxygen atoms in total. The summed E-state index contributed by atoms with van der Waals surface area (Å²) in [6.45, 7) is 4.63. The summed E-state index contributed by atoms with van der Waals surface area (Å²) in [5.74, 6) is -0.895. The summed E-state index contributed by atoms with van der Waals surface area (Å²) >= 11 is 0. The maximum Gasteiger partial charge on any atom is 0.328 e. The van der Waals surface area contributed by atoms with Crippen molar-refractivity contribution in [2.75, 3.05) is 19.6 Å². The summed E-state index contributed by atoms with van der Waals surface area (Å²) in [5, 5.41) is 14.7. The molecule has 1 aliphatic rings. The van der Waals surface area contributed by atoms with E-state index >= 15 is 0 Å². The molecule has 0 aromatic rings. The van der Waals surface area contributed by atoms with Gasteiger partial charge in [-0.3, -0.25) is 0 Å². The minimum atomic E-state index is -0.895. The highest BCUT2D eigenvalue weighted by atomic mass is 16.4. The van der Waals surface area contributed by atoms with Crippen molar-refractivity contribution in [2.24, 2.45) is 0 Å². The molecule has 0 unspecified atom stereocenters. The lowest BCUT2D eigenvalue weighted by Crippen LogP contribution is -2.65. The van der Waals surface area contributed by atoms with Crippen molar-refractivity contribution in [3.8, 4) is 0 Å². The molecule has 0 amide bonds. The Balaban J connectivity index is 2.13. The van der Waals surface area contributed by atoms with Crippen LogP contribution >= 0.6 is 0 Å². The molecule has 0 radical (unpaired) electrons. The van der Waals surface area contributed by atoms with E-state index in [1.165, 1.54) is 0 Å². The SMILES string of the molecule is CC1(NC/C=C/C(=O)O)CNC1. The van der Waals surface area contributed by atoms with Gasteiger partial charge in [-0.15, -0.1) is 0 Å². The van der Waals surface area contributed by atoms with Crippen LogP contribution in [-0.2, 0) is 4.79 Å². The van der Waals surface area contributed by atoms with E-state index in [0.717, 1.165) is 19.2 Å². The Morgan fingerprint density at radius 1 is 1.75 bits per heavy atom. The monoisotopic (exact) mass is 170 g/mol. The number of aliphatic carboxylic acids is 1. The van der Waals surface area contributed by atoms with E-state index < -0.39 is 5.97 Å². The van der Waals surface area contributed by atoms with Crippen molar-refractivity contribution in [1.29, 1.82) is 0 Å². The molecule has 68 valence electrons. The number of rotatable bonds is 4. The fraction of sp³-hybridized carbons (Fsp3) is 0.625. The summed E-state index contributed by atoms with van der Waals surface area (Å²) in [6.07, 6.45) is 2.77. The average Bonchev–Trinajstić information content (AvgIpc) is 1.94. The molecule has 0 bridgehead atoms. The van der Waals surface area contributed by atoms with Crippen LogP contribution in [0, 0.1) is 0 Å². The number of carbonyl (C=O) groups is 1. The van der Waals surface area contributed by atoms with Crippen molar-refractivity contribution in [2.45, 2.75) is 12.5 Å². The molecule has 3 N–H and O–H groups in total. The van der Waals surface area contributed by atoms with Crippen LogP contribution in [0.3, 0.4) is 0 Å². The summed E-state index contributed by atoms with van der Waals surface area (Å²) in [4.78, 5) is 10.1. The van der Waals surface area contributed by atoms with Gasteiger partial charge in [-0.1, -0.05) is 6.08 Å². The Kier molecular flexibility index (Phi) is 2.83. The predicted octanol–water partition coefficient (Wildman–Crippen LogP) is -0.421. The normalized spacial score (nSPS) is 20.8. The highest BCUT2D eigenvalue weighted by molar-refractivity contribution is 5.79. The summed E-state index contributed by atoms with van der Waals surface area (Å²) in [7, 11) is 0. The lowest BCUT2D eigenvalue weighted by molar-refractivity contribution is -0.131. The van der Waals surface area contributed by atoms with Crippen molar-refractivity contribution in [1.82, 2.24) is 10.6 Å². The summed E-state index contributed by atoms with van der Waals surface area (Å²) < 4.78 is 0. The van der Waals surface area contributed by atoms with E-state index in [4.69, 9.17) is 5.11 Å². The quantitative estimate of drug-likeness (QED) is 0.501. The number of hydrogen-bond donors (Lipinski definition) is 3. The van der Waals surface area contributed by atoms with Gasteiger partial charge in [0.15, 0.2) is 0 Å². The van der Waals surface area contributed by atoms with Crippen molar-refractivity contribution in [3.63, 3.8) is 0 Å². The molecule has 1 aliphatic heterocycles. The van der Waals surface area contributed by atoms with Crippen LogP contribution < -0.4 is 10.6 Å². The van der Waals surface area contributed by atoms with Gasteiger partial charge in [0.05, 0.1) is 0 Å². The lowest BCUT2D eigenvalue weighted by Gasteiger charge is -2.40. The average molecular weight is 170 g/mol. The highest BCUT2D eigenvalue weighted by Gasteiger charge is 2.29. The zero-order chi connectivity index (χ0) is 9.03. The van der Waals surface area contributed by atoms with Crippen LogP contribution in [0.15, 0.2) is 12.2 Å². The zero-order valence-corrected chi connectivity index (χ0v) is 7.13. The summed E-state index contributed by atoms with van der Waals surface area (Å²) in [6, 6.07) is 0. The largest absolute Gasteiger partial charge is 0.478 e. The van der Waals surface area contributed by atoms with Gasteiger partial charge in [0.1, 0.15) is 0 Å². The van der Waals surface area contributed by atoms with E-state index in [1.54, 1.807) is 6.08 Å². The number of carboxylic acid groups (broad SMARTS) is 1. The molecule has 4 heteroatoms. The van der Waals surface area contributed by atoms with Crippen molar-refractivity contribution < 1.29 is 9.90 Å². The van der Waals surface area contributed by atoms with E-state index in [1.807, 2.05) is 0 Å². The van der Waals surface area contributed by atoms with Gasteiger partial charge in [-0.2, -0.15) is 0 Å². The smallest absolute Gasteiger partial charge is 0.328 e. The molecule has 1 fully saturated rings. The summed E-state index contributed by atoms with van der Waals surface area (Å²) in [5.41, 5.74) is 0.156. The fourth-order valence-corrected chi connectivity index (χ4v) is 1.09. The number of hydrogen-bond acceptors (Lipinski definition) is 3. The first-order valence-corrected chi connectivity index (χ1v) is 3.98. The Morgan fingerprint density at radius 3 is 2.83 bits per heavy atom. The van der Waals surface area contributed by atoms with E-state index in [9.17, 15) is 4.79 Å². The van der Waals surface area contributed by atoms with Gasteiger partial charge in [0.2, 0.25) is 0 Å². The second-order valence-electron chi connectivity index (χ2n) is 3.29. The molecule has 1 heterocycles. The van der Waals surface area contributed by atoms with Gasteiger partial charge < -0.3 is 15.7 Å². The van der Waals surface area contributed by atoms with Crippen LogP contribution in [-0.4, -0.2) is 36.2 Å². The molecule has 0 aliphatic carbocycles. The second-order valence-corrected chi connectivity index (χ2v) is 3.29. The van der Waals surface area contributed by atoms with E-state index in [-0.39, 0.29) is 5.54 Å². The molecule has 0 aromatic heterocycles. The van der Waals surface area contributed by atoms with E-state index in [2.05, 4.69) is 17.6 Å². The third-order valence-electron chi connectivity index (χ3n) is 1.94. The van der Waals surface area contributed by atoms with Crippen molar-refractivity contribution >= 4 is 5.97 Å². The first kappa shape index (κ1) is 9.22. The van der Waals surface area contributed by atoms with Gasteiger partial charge in [0.25, 0.3) is 0 Å². The molecule has 0 spiro atoms. The molecule has 12 heavy (non-hydrogen) atoms. The van der Waals surface area contributed by atoms with Crippen LogP contribution in [0.4, 0.5) is 0 Å². The van der Waals surface area contributed by atoms with Crippen LogP contribution in [0.2, 0.25) is 0 Å². The lowest BCUT2D eigenvalue weighted by atomic mass is 9.95. The van der Waals surface area contributed by atoms with Crippen LogP contribution in [0.5, 0.6) is 0 Å². The highest BCUT2D eigenvalue weighted by Crippen LogP contribution is 2.07. The van der Waals surface area contributed by atoms with Crippen LogP contribution in [0.1, 0.15) is 6.92 Å². The number of carboxylic acids is 1. The van der Waals surface area contributed by atoms with E-state index in [0.29, 0.717) is 6.54 Å². The van der Waals surface area contributed by atoms with Crippen molar-refractivity contribution in [3.05, 3.63) is 12.2 Å². The Bertz CT molecular complexity index is 197.